The molecule has 0 fully saturated rings. The fraction of sp³-hybridized carbons (Fsp3) is 0.263. The molecule has 114 valence electrons. The van der Waals surface area contributed by atoms with E-state index in [2.05, 4.69) is 66.6 Å². The largest absolute Gasteiger partial charge is 0.381 e. The molecule has 1 heterocycles. The van der Waals surface area contributed by atoms with E-state index in [1.165, 1.54) is 16.5 Å². The van der Waals surface area contributed by atoms with Gasteiger partial charge in [0.2, 0.25) is 0 Å². The molecule has 0 spiro atoms. The maximum absolute atomic E-state index is 5.29. The Kier molecular flexibility index (Phi) is 4.16. The van der Waals surface area contributed by atoms with Gasteiger partial charge in [0.05, 0.1) is 17.8 Å². The molecule has 0 aliphatic carbocycles. The van der Waals surface area contributed by atoms with Crippen molar-refractivity contribution >= 4 is 16.6 Å². The van der Waals surface area contributed by atoms with Crippen LogP contribution in [0.1, 0.15) is 19.4 Å². The Labute approximate surface area is 131 Å². The number of ether oxygens (including phenoxy) is 1. The number of hydrogen-bond donors (Lipinski definition) is 2. The Bertz CT molecular complexity index is 760. The molecule has 0 saturated heterocycles. The second kappa shape index (κ2) is 6.24. The summed E-state index contributed by atoms with van der Waals surface area (Å²) in [5, 5.41) is 4.73. The van der Waals surface area contributed by atoms with Gasteiger partial charge in [0.15, 0.2) is 0 Å². The molecule has 0 unspecified atom stereocenters. The van der Waals surface area contributed by atoms with Crippen LogP contribution in [0.25, 0.3) is 22.2 Å². The van der Waals surface area contributed by atoms with Crippen molar-refractivity contribution < 1.29 is 4.74 Å². The van der Waals surface area contributed by atoms with E-state index in [0.717, 1.165) is 16.9 Å². The van der Waals surface area contributed by atoms with Gasteiger partial charge in [0.1, 0.15) is 0 Å². The number of aromatic nitrogens is 1. The number of fused-ring (bicyclic) bond motifs is 1. The molecule has 0 bridgehead atoms. The summed E-state index contributed by atoms with van der Waals surface area (Å²) in [4.78, 5) is 3.55. The fourth-order valence-electron chi connectivity index (χ4n) is 2.75. The van der Waals surface area contributed by atoms with Gasteiger partial charge in [-0.1, -0.05) is 30.3 Å². The summed E-state index contributed by atoms with van der Waals surface area (Å²) in [6.45, 7) is 4.92. The number of rotatable bonds is 5. The average molecular weight is 294 g/mol. The molecule has 0 aliphatic heterocycles. The molecule has 3 nitrogen and oxygen atoms in total. The standard InChI is InChI=1S/C19H22N2O/c1-13(2)20-18-10-14(12-22-3)9-16-11-17(21-19(16)18)15-7-5-4-6-8-15/h4-11,13,20-21H,12H2,1-3H3. The Morgan fingerprint density at radius 1 is 1.09 bits per heavy atom. The van der Waals surface area contributed by atoms with Crippen LogP contribution in [0.5, 0.6) is 0 Å². The zero-order valence-corrected chi connectivity index (χ0v) is 13.3. The van der Waals surface area contributed by atoms with Gasteiger partial charge in [-0.25, -0.2) is 0 Å². The minimum absolute atomic E-state index is 0.379. The summed E-state index contributed by atoms with van der Waals surface area (Å²) in [7, 11) is 1.73. The molecule has 0 saturated carbocycles. The van der Waals surface area contributed by atoms with Gasteiger partial charge in [-0.05, 0) is 43.2 Å². The van der Waals surface area contributed by atoms with Crippen molar-refractivity contribution in [2.75, 3.05) is 12.4 Å². The molecule has 3 heteroatoms. The number of methoxy groups -OCH3 is 1. The third kappa shape index (κ3) is 3.00. The van der Waals surface area contributed by atoms with Crippen LogP contribution in [0.4, 0.5) is 5.69 Å². The predicted octanol–water partition coefficient (Wildman–Crippen LogP) is 4.80. The molecular formula is C19H22N2O. The first kappa shape index (κ1) is 14.7. The third-order valence-corrected chi connectivity index (χ3v) is 3.63. The zero-order valence-electron chi connectivity index (χ0n) is 13.3. The Morgan fingerprint density at radius 3 is 2.55 bits per heavy atom. The maximum Gasteiger partial charge on any atom is 0.0714 e. The monoisotopic (exact) mass is 294 g/mol. The Hall–Kier alpha value is -2.26. The summed E-state index contributed by atoms with van der Waals surface area (Å²) in [5.41, 5.74) is 5.78. The molecule has 3 aromatic rings. The lowest BCUT2D eigenvalue weighted by molar-refractivity contribution is 0.185. The number of H-pyrrole nitrogens is 1. The summed E-state index contributed by atoms with van der Waals surface area (Å²) < 4.78 is 5.29. The second-order valence-corrected chi connectivity index (χ2v) is 5.89. The SMILES string of the molecule is COCc1cc(NC(C)C)c2[nH]c(-c3ccccc3)cc2c1. The molecule has 0 atom stereocenters. The van der Waals surface area contributed by atoms with Crippen molar-refractivity contribution in [2.45, 2.75) is 26.5 Å². The minimum atomic E-state index is 0.379. The number of aromatic amines is 1. The van der Waals surface area contributed by atoms with Gasteiger partial charge < -0.3 is 15.0 Å². The number of nitrogens with one attached hydrogen (secondary N) is 2. The van der Waals surface area contributed by atoms with E-state index in [0.29, 0.717) is 12.6 Å². The topological polar surface area (TPSA) is 37.0 Å². The van der Waals surface area contributed by atoms with Crippen molar-refractivity contribution in [1.82, 2.24) is 4.98 Å². The van der Waals surface area contributed by atoms with Crippen molar-refractivity contribution in [2.24, 2.45) is 0 Å². The van der Waals surface area contributed by atoms with Crippen LogP contribution in [0, 0.1) is 0 Å². The van der Waals surface area contributed by atoms with Crippen LogP contribution in [-0.4, -0.2) is 18.1 Å². The normalized spacial score (nSPS) is 11.3. The van der Waals surface area contributed by atoms with Crippen LogP contribution in [0.2, 0.25) is 0 Å². The minimum Gasteiger partial charge on any atom is -0.381 e. The fourth-order valence-corrected chi connectivity index (χ4v) is 2.75. The average Bonchev–Trinajstić information content (AvgIpc) is 2.92. The van der Waals surface area contributed by atoms with Gasteiger partial charge in [0.25, 0.3) is 0 Å². The number of benzene rings is 2. The van der Waals surface area contributed by atoms with Crippen molar-refractivity contribution in [1.29, 1.82) is 0 Å². The van der Waals surface area contributed by atoms with Gasteiger partial charge in [0, 0.05) is 24.2 Å². The third-order valence-electron chi connectivity index (χ3n) is 3.63. The highest BCUT2D eigenvalue weighted by molar-refractivity contribution is 5.95. The highest BCUT2D eigenvalue weighted by atomic mass is 16.5. The highest BCUT2D eigenvalue weighted by Gasteiger charge is 2.10. The van der Waals surface area contributed by atoms with E-state index < -0.39 is 0 Å². The van der Waals surface area contributed by atoms with Gasteiger partial charge in [-0.2, -0.15) is 0 Å². The highest BCUT2D eigenvalue weighted by Crippen LogP contribution is 2.30. The smallest absolute Gasteiger partial charge is 0.0714 e. The molecule has 0 aliphatic rings. The van der Waals surface area contributed by atoms with Crippen LogP contribution in [0.15, 0.2) is 48.5 Å². The zero-order chi connectivity index (χ0) is 15.5. The van der Waals surface area contributed by atoms with E-state index in [1.54, 1.807) is 7.11 Å². The van der Waals surface area contributed by atoms with Crippen molar-refractivity contribution in [3.8, 4) is 11.3 Å². The first-order valence-electron chi connectivity index (χ1n) is 7.64. The first-order valence-corrected chi connectivity index (χ1v) is 7.64. The second-order valence-electron chi connectivity index (χ2n) is 5.89. The van der Waals surface area contributed by atoms with Crippen LogP contribution in [0.3, 0.4) is 0 Å². The van der Waals surface area contributed by atoms with E-state index in [1.807, 2.05) is 6.07 Å². The molecule has 1 aromatic heterocycles. The molecule has 2 aromatic carbocycles. The molecule has 0 amide bonds. The van der Waals surface area contributed by atoms with Crippen molar-refractivity contribution in [3.05, 3.63) is 54.1 Å². The van der Waals surface area contributed by atoms with E-state index >= 15 is 0 Å². The molecule has 22 heavy (non-hydrogen) atoms. The lowest BCUT2D eigenvalue weighted by Crippen LogP contribution is -2.10. The predicted molar refractivity (Wildman–Crippen MR) is 93.2 cm³/mol. The maximum atomic E-state index is 5.29. The van der Waals surface area contributed by atoms with Crippen LogP contribution < -0.4 is 5.32 Å². The van der Waals surface area contributed by atoms with E-state index in [-0.39, 0.29) is 0 Å². The summed E-state index contributed by atoms with van der Waals surface area (Å²) in [5.74, 6) is 0. The Morgan fingerprint density at radius 2 is 1.86 bits per heavy atom. The number of hydrogen-bond acceptors (Lipinski definition) is 2. The molecular weight excluding hydrogens is 272 g/mol. The van der Waals surface area contributed by atoms with Gasteiger partial charge in [-0.15, -0.1) is 0 Å². The van der Waals surface area contributed by atoms with Gasteiger partial charge >= 0.3 is 0 Å². The Balaban J connectivity index is 2.12. The van der Waals surface area contributed by atoms with Crippen molar-refractivity contribution in [3.63, 3.8) is 0 Å². The summed E-state index contributed by atoms with van der Waals surface area (Å²) >= 11 is 0. The van der Waals surface area contributed by atoms with E-state index in [9.17, 15) is 0 Å². The molecule has 0 radical (unpaired) electrons. The quantitative estimate of drug-likeness (QED) is 0.709. The van der Waals surface area contributed by atoms with Crippen LogP contribution >= 0.6 is 0 Å². The first-order chi connectivity index (χ1) is 10.7. The molecule has 3 rings (SSSR count). The summed E-state index contributed by atoms with van der Waals surface area (Å²) in [6, 6.07) is 17.3. The lowest BCUT2D eigenvalue weighted by atomic mass is 10.1. The van der Waals surface area contributed by atoms with Crippen LogP contribution in [-0.2, 0) is 11.3 Å². The number of anilines is 1. The summed E-state index contributed by atoms with van der Waals surface area (Å²) in [6.07, 6.45) is 0. The lowest BCUT2D eigenvalue weighted by Gasteiger charge is -2.13. The van der Waals surface area contributed by atoms with E-state index in [4.69, 9.17) is 4.74 Å². The molecule has 2 N–H and O–H groups in total. The van der Waals surface area contributed by atoms with Gasteiger partial charge in [-0.3, -0.25) is 0 Å².